The highest BCUT2D eigenvalue weighted by atomic mass is 15.3. The van der Waals surface area contributed by atoms with E-state index in [0.717, 1.165) is 18.8 Å². The molecule has 0 aliphatic rings. The lowest BCUT2D eigenvalue weighted by atomic mass is 10.1. The van der Waals surface area contributed by atoms with Gasteiger partial charge in [-0.3, -0.25) is 0 Å². The zero-order valence-electron chi connectivity index (χ0n) is 12.3. The zero-order chi connectivity index (χ0) is 13.4. The van der Waals surface area contributed by atoms with E-state index in [4.69, 9.17) is 0 Å². The van der Waals surface area contributed by atoms with Crippen molar-refractivity contribution < 1.29 is 0 Å². The molecule has 1 unspecified atom stereocenters. The molecule has 0 aliphatic carbocycles. The molecule has 0 aliphatic heterocycles. The highest BCUT2D eigenvalue weighted by Gasteiger charge is 2.09. The number of rotatable bonds is 9. The summed E-state index contributed by atoms with van der Waals surface area (Å²) < 4.78 is 2.03. The van der Waals surface area contributed by atoms with Crippen LogP contribution in [-0.2, 0) is 6.42 Å². The summed E-state index contributed by atoms with van der Waals surface area (Å²) >= 11 is 0. The molecule has 0 aromatic carbocycles. The Balaban J connectivity index is 2.33. The zero-order valence-corrected chi connectivity index (χ0v) is 12.3. The Morgan fingerprint density at radius 3 is 2.72 bits per heavy atom. The van der Waals surface area contributed by atoms with Gasteiger partial charge in [-0.1, -0.05) is 13.8 Å². The summed E-state index contributed by atoms with van der Waals surface area (Å²) in [6.07, 6.45) is 7.52. The van der Waals surface area contributed by atoms with Crippen LogP contribution in [0.1, 0.15) is 65.2 Å². The minimum Gasteiger partial charge on any atom is -0.314 e. The van der Waals surface area contributed by atoms with Crippen molar-refractivity contribution in [3.63, 3.8) is 0 Å². The molecule has 1 aromatic rings. The first-order valence-electron chi connectivity index (χ1n) is 7.30. The molecule has 4 heteroatoms. The SMILES string of the molecule is CCCNC(CC)CCCc1ncnn1C(C)C. The number of aromatic nitrogens is 3. The molecule has 1 N–H and O–H groups in total. The molecule has 0 fully saturated rings. The third kappa shape index (κ3) is 4.77. The normalized spacial score (nSPS) is 13.2. The minimum atomic E-state index is 0.405. The van der Waals surface area contributed by atoms with E-state index >= 15 is 0 Å². The highest BCUT2D eigenvalue weighted by Crippen LogP contribution is 2.10. The van der Waals surface area contributed by atoms with Gasteiger partial charge in [0.15, 0.2) is 0 Å². The predicted octanol–water partition coefficient (Wildman–Crippen LogP) is 2.96. The number of aryl methyl sites for hydroxylation is 1. The van der Waals surface area contributed by atoms with E-state index in [1.54, 1.807) is 6.33 Å². The first kappa shape index (κ1) is 15.2. The van der Waals surface area contributed by atoms with Gasteiger partial charge in [0, 0.05) is 18.5 Å². The summed E-state index contributed by atoms with van der Waals surface area (Å²) in [7, 11) is 0. The highest BCUT2D eigenvalue weighted by molar-refractivity contribution is 4.87. The van der Waals surface area contributed by atoms with Gasteiger partial charge in [0.2, 0.25) is 0 Å². The van der Waals surface area contributed by atoms with E-state index in [0.29, 0.717) is 12.1 Å². The first-order chi connectivity index (χ1) is 8.69. The molecule has 0 amide bonds. The Hall–Kier alpha value is -0.900. The van der Waals surface area contributed by atoms with Crippen molar-refractivity contribution >= 4 is 0 Å². The molecule has 0 saturated carbocycles. The molecular formula is C14H28N4. The van der Waals surface area contributed by atoms with Gasteiger partial charge < -0.3 is 5.32 Å². The van der Waals surface area contributed by atoms with Gasteiger partial charge in [-0.25, -0.2) is 9.67 Å². The van der Waals surface area contributed by atoms with Crippen molar-refractivity contribution in [2.24, 2.45) is 0 Å². The summed E-state index contributed by atoms with van der Waals surface area (Å²) in [5, 5.41) is 7.87. The summed E-state index contributed by atoms with van der Waals surface area (Å²) in [6, 6.07) is 1.06. The van der Waals surface area contributed by atoms with Crippen LogP contribution in [0.2, 0.25) is 0 Å². The average Bonchev–Trinajstić information content (AvgIpc) is 2.82. The van der Waals surface area contributed by atoms with Crippen LogP contribution in [-0.4, -0.2) is 27.4 Å². The number of nitrogens with one attached hydrogen (secondary N) is 1. The van der Waals surface area contributed by atoms with Crippen LogP contribution in [0, 0.1) is 0 Å². The summed E-state index contributed by atoms with van der Waals surface area (Å²) in [6.45, 7) is 9.89. The van der Waals surface area contributed by atoms with Gasteiger partial charge in [0.25, 0.3) is 0 Å². The molecule has 1 heterocycles. The standard InChI is InChI=1S/C14H28N4/c1-5-10-15-13(6-2)8-7-9-14-16-11-17-18(14)12(3)4/h11-13,15H,5-10H2,1-4H3. The van der Waals surface area contributed by atoms with Gasteiger partial charge in [0.05, 0.1) is 0 Å². The maximum Gasteiger partial charge on any atom is 0.138 e. The van der Waals surface area contributed by atoms with Crippen molar-refractivity contribution in [3.8, 4) is 0 Å². The molecule has 104 valence electrons. The molecule has 0 spiro atoms. The van der Waals surface area contributed by atoms with E-state index in [2.05, 4.69) is 43.1 Å². The molecule has 0 radical (unpaired) electrons. The largest absolute Gasteiger partial charge is 0.314 e. The lowest BCUT2D eigenvalue weighted by Crippen LogP contribution is -2.29. The van der Waals surface area contributed by atoms with Crippen molar-refractivity contribution in [1.82, 2.24) is 20.1 Å². The second-order valence-corrected chi connectivity index (χ2v) is 5.17. The van der Waals surface area contributed by atoms with Crippen LogP contribution in [0.15, 0.2) is 6.33 Å². The summed E-state index contributed by atoms with van der Waals surface area (Å²) in [5.74, 6) is 1.12. The number of hydrogen-bond donors (Lipinski definition) is 1. The van der Waals surface area contributed by atoms with Crippen LogP contribution in [0.3, 0.4) is 0 Å². The van der Waals surface area contributed by atoms with Gasteiger partial charge in [-0.05, 0) is 46.1 Å². The van der Waals surface area contributed by atoms with E-state index < -0.39 is 0 Å². The fourth-order valence-electron chi connectivity index (χ4n) is 2.19. The van der Waals surface area contributed by atoms with E-state index in [-0.39, 0.29) is 0 Å². The topological polar surface area (TPSA) is 42.7 Å². The lowest BCUT2D eigenvalue weighted by Gasteiger charge is -2.16. The van der Waals surface area contributed by atoms with Crippen LogP contribution in [0.25, 0.3) is 0 Å². The van der Waals surface area contributed by atoms with Gasteiger partial charge in [-0.15, -0.1) is 0 Å². The molecular weight excluding hydrogens is 224 g/mol. The molecule has 4 nitrogen and oxygen atoms in total. The van der Waals surface area contributed by atoms with Crippen LogP contribution in [0.4, 0.5) is 0 Å². The fourth-order valence-corrected chi connectivity index (χ4v) is 2.19. The fraction of sp³-hybridized carbons (Fsp3) is 0.857. The molecule has 1 atom stereocenters. The lowest BCUT2D eigenvalue weighted by molar-refractivity contribution is 0.444. The summed E-state index contributed by atoms with van der Waals surface area (Å²) in [5.41, 5.74) is 0. The Bertz CT molecular complexity index is 319. The van der Waals surface area contributed by atoms with Gasteiger partial charge in [0.1, 0.15) is 12.2 Å². The van der Waals surface area contributed by atoms with E-state index in [1.807, 2.05) is 4.68 Å². The number of hydrogen-bond acceptors (Lipinski definition) is 3. The molecule has 1 rings (SSSR count). The van der Waals surface area contributed by atoms with Crippen molar-refractivity contribution in [2.45, 2.75) is 71.9 Å². The van der Waals surface area contributed by atoms with Crippen molar-refractivity contribution in [2.75, 3.05) is 6.54 Å². The van der Waals surface area contributed by atoms with Gasteiger partial charge >= 0.3 is 0 Å². The smallest absolute Gasteiger partial charge is 0.138 e. The Morgan fingerprint density at radius 2 is 2.11 bits per heavy atom. The van der Waals surface area contributed by atoms with Crippen molar-refractivity contribution in [1.29, 1.82) is 0 Å². The Labute approximate surface area is 111 Å². The molecule has 18 heavy (non-hydrogen) atoms. The second-order valence-electron chi connectivity index (χ2n) is 5.17. The quantitative estimate of drug-likeness (QED) is 0.735. The van der Waals surface area contributed by atoms with Crippen LogP contribution < -0.4 is 5.32 Å². The van der Waals surface area contributed by atoms with Gasteiger partial charge in [-0.2, -0.15) is 5.10 Å². The monoisotopic (exact) mass is 252 g/mol. The Kier molecular flexibility index (Phi) is 6.94. The predicted molar refractivity (Wildman–Crippen MR) is 75.7 cm³/mol. The minimum absolute atomic E-state index is 0.405. The van der Waals surface area contributed by atoms with Crippen molar-refractivity contribution in [3.05, 3.63) is 12.2 Å². The second kappa shape index (κ2) is 8.25. The van der Waals surface area contributed by atoms with E-state index in [1.165, 1.54) is 25.7 Å². The van der Waals surface area contributed by atoms with Crippen LogP contribution >= 0.6 is 0 Å². The first-order valence-corrected chi connectivity index (χ1v) is 7.30. The third-order valence-corrected chi connectivity index (χ3v) is 3.27. The average molecular weight is 252 g/mol. The number of nitrogens with zero attached hydrogens (tertiary/aromatic N) is 3. The molecule has 1 aromatic heterocycles. The molecule has 0 bridgehead atoms. The third-order valence-electron chi connectivity index (χ3n) is 3.27. The maximum absolute atomic E-state index is 4.35. The Morgan fingerprint density at radius 1 is 1.33 bits per heavy atom. The van der Waals surface area contributed by atoms with E-state index in [9.17, 15) is 0 Å². The molecule has 0 saturated heterocycles. The summed E-state index contributed by atoms with van der Waals surface area (Å²) in [4.78, 5) is 4.35. The maximum atomic E-state index is 4.35. The van der Waals surface area contributed by atoms with Crippen LogP contribution in [0.5, 0.6) is 0 Å².